The molecule has 1 aliphatic heterocycles. The Morgan fingerprint density at radius 3 is 2.38 bits per heavy atom. The number of anilines is 1. The van der Waals surface area contributed by atoms with E-state index in [0.29, 0.717) is 11.9 Å². The monoisotopic (exact) mass is 325 g/mol. The SMILES string of the molecule is CC(=O)Nc1ccc(-c2ccc(C(C)N3CCOCC3)cc2)cn1. The van der Waals surface area contributed by atoms with Gasteiger partial charge in [-0.05, 0) is 30.2 Å². The van der Waals surface area contributed by atoms with Crippen LogP contribution in [0.3, 0.4) is 0 Å². The lowest BCUT2D eigenvalue weighted by molar-refractivity contribution is -0.114. The number of nitrogens with zero attached hydrogens (tertiary/aromatic N) is 2. The van der Waals surface area contributed by atoms with Crippen LogP contribution >= 0.6 is 0 Å². The van der Waals surface area contributed by atoms with E-state index < -0.39 is 0 Å². The van der Waals surface area contributed by atoms with Gasteiger partial charge in [0.25, 0.3) is 0 Å². The maximum atomic E-state index is 11.0. The van der Waals surface area contributed by atoms with Crippen LogP contribution in [0.2, 0.25) is 0 Å². The van der Waals surface area contributed by atoms with Crippen molar-refractivity contribution in [2.75, 3.05) is 31.6 Å². The molecule has 0 saturated carbocycles. The van der Waals surface area contributed by atoms with Crippen molar-refractivity contribution in [3.8, 4) is 11.1 Å². The van der Waals surface area contributed by atoms with Gasteiger partial charge in [0.1, 0.15) is 5.82 Å². The van der Waals surface area contributed by atoms with Crippen LogP contribution in [0.1, 0.15) is 25.5 Å². The molecule has 1 aromatic carbocycles. The van der Waals surface area contributed by atoms with Gasteiger partial charge in [-0.25, -0.2) is 4.98 Å². The van der Waals surface area contributed by atoms with Crippen molar-refractivity contribution >= 4 is 11.7 Å². The highest BCUT2D eigenvalue weighted by Gasteiger charge is 2.18. The van der Waals surface area contributed by atoms with Crippen LogP contribution in [0.25, 0.3) is 11.1 Å². The molecule has 2 aromatic rings. The fourth-order valence-corrected chi connectivity index (χ4v) is 2.95. The lowest BCUT2D eigenvalue weighted by Gasteiger charge is -2.32. The van der Waals surface area contributed by atoms with Gasteiger partial charge in [-0.15, -0.1) is 0 Å². The van der Waals surface area contributed by atoms with Crippen LogP contribution in [0, 0.1) is 0 Å². The minimum absolute atomic E-state index is 0.114. The van der Waals surface area contributed by atoms with Gasteiger partial charge in [-0.2, -0.15) is 0 Å². The van der Waals surface area contributed by atoms with E-state index in [1.807, 2.05) is 12.1 Å². The third-order valence-corrected chi connectivity index (χ3v) is 4.39. The highest BCUT2D eigenvalue weighted by Crippen LogP contribution is 2.25. The first-order valence-corrected chi connectivity index (χ1v) is 8.29. The van der Waals surface area contributed by atoms with E-state index in [0.717, 1.165) is 37.4 Å². The zero-order valence-electron chi connectivity index (χ0n) is 14.2. The first-order chi connectivity index (χ1) is 11.6. The summed E-state index contributed by atoms with van der Waals surface area (Å²) in [5.74, 6) is 0.459. The van der Waals surface area contributed by atoms with Gasteiger partial charge in [0, 0.05) is 37.8 Å². The molecule has 0 bridgehead atoms. The average molecular weight is 325 g/mol. The van der Waals surface area contributed by atoms with E-state index in [1.165, 1.54) is 12.5 Å². The van der Waals surface area contributed by atoms with Crippen molar-refractivity contribution in [2.45, 2.75) is 19.9 Å². The first kappa shape index (κ1) is 16.6. The molecule has 1 N–H and O–H groups in total. The Bertz CT molecular complexity index is 677. The van der Waals surface area contributed by atoms with Crippen LogP contribution in [0.4, 0.5) is 5.82 Å². The van der Waals surface area contributed by atoms with Crippen LogP contribution in [0.15, 0.2) is 42.6 Å². The van der Waals surface area contributed by atoms with E-state index in [-0.39, 0.29) is 5.91 Å². The highest BCUT2D eigenvalue weighted by atomic mass is 16.5. The number of carbonyl (C=O) groups is 1. The summed E-state index contributed by atoms with van der Waals surface area (Å²) >= 11 is 0. The summed E-state index contributed by atoms with van der Waals surface area (Å²) in [6.45, 7) is 7.31. The quantitative estimate of drug-likeness (QED) is 0.938. The summed E-state index contributed by atoms with van der Waals surface area (Å²) in [6, 6.07) is 12.8. The largest absolute Gasteiger partial charge is 0.379 e. The number of nitrogens with one attached hydrogen (secondary N) is 1. The first-order valence-electron chi connectivity index (χ1n) is 8.29. The predicted octanol–water partition coefficient (Wildman–Crippen LogP) is 3.10. The van der Waals surface area contributed by atoms with Crippen molar-refractivity contribution in [3.63, 3.8) is 0 Å². The number of carbonyl (C=O) groups excluding carboxylic acids is 1. The van der Waals surface area contributed by atoms with Gasteiger partial charge in [0.05, 0.1) is 13.2 Å². The molecule has 0 radical (unpaired) electrons. The molecule has 24 heavy (non-hydrogen) atoms. The van der Waals surface area contributed by atoms with Gasteiger partial charge in [0.15, 0.2) is 0 Å². The Morgan fingerprint density at radius 1 is 1.12 bits per heavy atom. The van der Waals surface area contributed by atoms with Gasteiger partial charge in [-0.1, -0.05) is 24.3 Å². The minimum Gasteiger partial charge on any atom is -0.379 e. The molecule has 1 unspecified atom stereocenters. The predicted molar refractivity (Wildman–Crippen MR) is 94.8 cm³/mol. The molecule has 3 rings (SSSR count). The molecule has 126 valence electrons. The number of ether oxygens (including phenoxy) is 1. The summed E-state index contributed by atoms with van der Waals surface area (Å²) in [7, 11) is 0. The van der Waals surface area contributed by atoms with Gasteiger partial charge >= 0.3 is 0 Å². The number of amides is 1. The molecule has 2 heterocycles. The molecule has 1 fully saturated rings. The summed E-state index contributed by atoms with van der Waals surface area (Å²) in [5.41, 5.74) is 3.47. The van der Waals surface area contributed by atoms with Crippen molar-refractivity contribution in [1.29, 1.82) is 0 Å². The summed E-state index contributed by atoms with van der Waals surface area (Å²) in [5, 5.41) is 2.68. The Kier molecular flexibility index (Phi) is 5.23. The number of benzene rings is 1. The zero-order valence-corrected chi connectivity index (χ0v) is 14.2. The number of hydrogen-bond acceptors (Lipinski definition) is 4. The topological polar surface area (TPSA) is 54.5 Å². The average Bonchev–Trinajstić information content (AvgIpc) is 2.62. The third-order valence-electron chi connectivity index (χ3n) is 4.39. The number of morpholine rings is 1. The molecule has 0 aliphatic carbocycles. The van der Waals surface area contributed by atoms with E-state index in [2.05, 4.69) is 46.4 Å². The second-order valence-corrected chi connectivity index (χ2v) is 6.06. The van der Waals surface area contributed by atoms with Crippen LogP contribution in [-0.2, 0) is 9.53 Å². The van der Waals surface area contributed by atoms with Crippen molar-refractivity contribution < 1.29 is 9.53 Å². The number of hydrogen-bond donors (Lipinski definition) is 1. The number of pyridine rings is 1. The second kappa shape index (κ2) is 7.55. The summed E-state index contributed by atoms with van der Waals surface area (Å²) in [4.78, 5) is 17.8. The van der Waals surface area contributed by atoms with E-state index in [1.54, 1.807) is 6.20 Å². The molecule has 1 saturated heterocycles. The Morgan fingerprint density at radius 2 is 1.79 bits per heavy atom. The van der Waals surface area contributed by atoms with E-state index >= 15 is 0 Å². The fraction of sp³-hybridized carbons (Fsp3) is 0.368. The Balaban J connectivity index is 1.70. The molecule has 1 aromatic heterocycles. The molecule has 5 heteroatoms. The van der Waals surface area contributed by atoms with Crippen LogP contribution in [0.5, 0.6) is 0 Å². The van der Waals surface area contributed by atoms with Crippen molar-refractivity contribution in [1.82, 2.24) is 9.88 Å². The summed E-state index contributed by atoms with van der Waals surface area (Å²) in [6.07, 6.45) is 1.78. The molecular formula is C19H23N3O2. The molecule has 0 spiro atoms. The Hall–Kier alpha value is -2.24. The van der Waals surface area contributed by atoms with Gasteiger partial charge < -0.3 is 10.1 Å². The van der Waals surface area contributed by atoms with Crippen molar-refractivity contribution in [3.05, 3.63) is 48.2 Å². The molecule has 1 aliphatic rings. The van der Waals surface area contributed by atoms with Crippen molar-refractivity contribution in [2.24, 2.45) is 0 Å². The molecule has 1 atom stereocenters. The zero-order chi connectivity index (χ0) is 16.9. The van der Waals surface area contributed by atoms with Gasteiger partial charge in [-0.3, -0.25) is 9.69 Å². The van der Waals surface area contributed by atoms with E-state index in [9.17, 15) is 4.79 Å². The fourth-order valence-electron chi connectivity index (χ4n) is 2.95. The Labute approximate surface area is 142 Å². The smallest absolute Gasteiger partial charge is 0.222 e. The normalized spacial score (nSPS) is 16.6. The maximum absolute atomic E-state index is 11.0. The maximum Gasteiger partial charge on any atom is 0.222 e. The number of aromatic nitrogens is 1. The molecule has 1 amide bonds. The van der Waals surface area contributed by atoms with Gasteiger partial charge in [0.2, 0.25) is 5.91 Å². The lowest BCUT2D eigenvalue weighted by Crippen LogP contribution is -2.37. The lowest BCUT2D eigenvalue weighted by atomic mass is 10.0. The third kappa shape index (κ3) is 3.99. The minimum atomic E-state index is -0.114. The second-order valence-electron chi connectivity index (χ2n) is 6.06. The molecule has 5 nitrogen and oxygen atoms in total. The van der Waals surface area contributed by atoms with Crippen LogP contribution < -0.4 is 5.32 Å². The number of rotatable bonds is 4. The highest BCUT2D eigenvalue weighted by molar-refractivity contribution is 5.87. The summed E-state index contributed by atoms with van der Waals surface area (Å²) < 4.78 is 5.42. The van der Waals surface area contributed by atoms with E-state index in [4.69, 9.17) is 4.74 Å². The standard InChI is InChI=1S/C19H23N3O2/c1-14(22-9-11-24-12-10-22)16-3-5-17(6-4-16)18-7-8-19(20-13-18)21-15(2)23/h3-8,13-14H,9-12H2,1-2H3,(H,20,21,23). The van der Waals surface area contributed by atoms with Crippen LogP contribution in [-0.4, -0.2) is 42.1 Å². The molecular weight excluding hydrogens is 302 g/mol.